The van der Waals surface area contributed by atoms with Crippen LogP contribution in [-0.2, 0) is 38.8 Å². The number of amides is 2. The van der Waals surface area contributed by atoms with E-state index in [0.717, 1.165) is 21.6 Å². The minimum atomic E-state index is -0.826. The van der Waals surface area contributed by atoms with E-state index in [4.69, 9.17) is 18.9 Å². The van der Waals surface area contributed by atoms with E-state index in [1.807, 2.05) is 121 Å². The summed E-state index contributed by atoms with van der Waals surface area (Å²) in [6.45, 7) is 1.12. The summed E-state index contributed by atoms with van der Waals surface area (Å²) < 4.78 is 26.8. The molecule has 7 rings (SSSR count). The van der Waals surface area contributed by atoms with Gasteiger partial charge in [-0.05, 0) is 41.0 Å². The fraction of sp³-hybridized carbons (Fsp3) is 0.220. The number of hydrogen-bond donors (Lipinski definition) is 0. The van der Waals surface area contributed by atoms with Crippen LogP contribution in [0.1, 0.15) is 37.4 Å². The first kappa shape index (κ1) is 33.0. The van der Waals surface area contributed by atoms with Gasteiger partial charge in [-0.1, -0.05) is 133 Å². The molecule has 2 amide bonds. The molecule has 2 heterocycles. The van der Waals surface area contributed by atoms with Crippen LogP contribution in [-0.4, -0.2) is 53.1 Å². The van der Waals surface area contributed by atoms with Gasteiger partial charge in [-0.25, -0.2) is 0 Å². The van der Waals surface area contributed by atoms with E-state index in [1.54, 1.807) is 24.3 Å². The lowest BCUT2D eigenvalue weighted by atomic mass is 9.95. The molecule has 8 heteroatoms. The number of carbonyl (C=O) groups excluding carboxylic acids is 2. The van der Waals surface area contributed by atoms with Gasteiger partial charge >= 0.3 is 0 Å². The fourth-order valence-electron chi connectivity index (χ4n) is 6.30. The molecule has 49 heavy (non-hydrogen) atoms. The molecule has 248 valence electrons. The van der Waals surface area contributed by atoms with E-state index in [2.05, 4.69) is 0 Å². The van der Waals surface area contributed by atoms with Gasteiger partial charge in [0.2, 0.25) is 0 Å². The lowest BCUT2D eigenvalue weighted by Gasteiger charge is -2.48. The summed E-state index contributed by atoms with van der Waals surface area (Å²) in [5.41, 5.74) is 3.02. The van der Waals surface area contributed by atoms with Crippen molar-refractivity contribution in [3.8, 4) is 0 Å². The molecule has 0 aliphatic carbocycles. The van der Waals surface area contributed by atoms with Gasteiger partial charge in [0.25, 0.3) is 11.8 Å². The topological polar surface area (TPSA) is 74.3 Å². The van der Waals surface area contributed by atoms with Crippen molar-refractivity contribution in [2.45, 2.75) is 54.5 Å². The first-order valence-corrected chi connectivity index (χ1v) is 17.3. The summed E-state index contributed by atoms with van der Waals surface area (Å²) in [5.74, 6) is -0.747. The maximum atomic E-state index is 14.1. The maximum absolute atomic E-state index is 14.1. The van der Waals surface area contributed by atoms with Crippen molar-refractivity contribution in [2.24, 2.45) is 0 Å². The normalized spacial score (nSPS) is 21.9. The van der Waals surface area contributed by atoms with Crippen LogP contribution in [0.4, 0.5) is 0 Å². The Labute approximate surface area is 290 Å². The highest BCUT2D eigenvalue weighted by atomic mass is 32.2. The van der Waals surface area contributed by atoms with E-state index < -0.39 is 29.8 Å². The van der Waals surface area contributed by atoms with Gasteiger partial charge in [-0.2, -0.15) is 0 Å². The van der Waals surface area contributed by atoms with Crippen LogP contribution < -0.4 is 0 Å². The highest BCUT2D eigenvalue weighted by Crippen LogP contribution is 2.41. The van der Waals surface area contributed by atoms with Crippen molar-refractivity contribution in [3.63, 3.8) is 0 Å². The summed E-state index contributed by atoms with van der Waals surface area (Å²) in [6.07, 6.45) is -2.03. The Morgan fingerprint density at radius 2 is 1.00 bits per heavy atom. The lowest BCUT2D eigenvalue weighted by molar-refractivity contribution is -0.223. The highest BCUT2D eigenvalue weighted by molar-refractivity contribution is 7.99. The number of ether oxygens (including phenoxy) is 4. The van der Waals surface area contributed by atoms with E-state index in [-0.39, 0.29) is 31.6 Å². The summed E-state index contributed by atoms with van der Waals surface area (Å²) in [7, 11) is 0. The van der Waals surface area contributed by atoms with Crippen molar-refractivity contribution in [1.29, 1.82) is 0 Å². The quantitative estimate of drug-likeness (QED) is 0.120. The van der Waals surface area contributed by atoms with Gasteiger partial charge in [0.15, 0.2) is 0 Å². The van der Waals surface area contributed by atoms with Crippen molar-refractivity contribution in [2.75, 3.05) is 6.61 Å². The largest absolute Gasteiger partial charge is 0.374 e. The molecule has 0 N–H and O–H groups in total. The van der Waals surface area contributed by atoms with Crippen LogP contribution in [0.3, 0.4) is 0 Å². The fourth-order valence-corrected chi connectivity index (χ4v) is 7.50. The third-order valence-electron chi connectivity index (χ3n) is 8.70. The van der Waals surface area contributed by atoms with E-state index in [9.17, 15) is 9.59 Å². The first-order valence-electron chi connectivity index (χ1n) is 16.4. The first-order chi connectivity index (χ1) is 24.2. The Morgan fingerprint density at radius 1 is 0.551 bits per heavy atom. The van der Waals surface area contributed by atoms with Gasteiger partial charge in [0, 0.05) is 4.90 Å². The number of fused-ring (bicyclic) bond motifs is 1. The number of nitrogens with zero attached hydrogens (tertiary/aromatic N) is 1. The summed E-state index contributed by atoms with van der Waals surface area (Å²) in [4.78, 5) is 30.5. The Hall–Kier alpha value is -4.57. The zero-order chi connectivity index (χ0) is 33.4. The molecule has 1 fully saturated rings. The second-order valence-corrected chi connectivity index (χ2v) is 13.2. The van der Waals surface area contributed by atoms with Crippen LogP contribution in [0.5, 0.6) is 0 Å². The smallest absolute Gasteiger partial charge is 0.262 e. The molecule has 0 aromatic heterocycles. The molecule has 2 aliphatic rings. The zero-order valence-electron chi connectivity index (χ0n) is 26.9. The average molecular weight is 672 g/mol. The molecule has 0 spiro atoms. The van der Waals surface area contributed by atoms with Crippen LogP contribution in [0, 0.1) is 0 Å². The van der Waals surface area contributed by atoms with Crippen LogP contribution in [0.25, 0.3) is 0 Å². The molecule has 0 saturated carbocycles. The second-order valence-electron chi connectivity index (χ2n) is 12.0. The molecule has 1 saturated heterocycles. The molecule has 0 bridgehead atoms. The van der Waals surface area contributed by atoms with Gasteiger partial charge in [0.05, 0.1) is 37.6 Å². The highest BCUT2D eigenvalue weighted by Gasteiger charge is 2.55. The van der Waals surface area contributed by atoms with Crippen molar-refractivity contribution >= 4 is 23.6 Å². The molecule has 0 radical (unpaired) electrons. The van der Waals surface area contributed by atoms with E-state index in [1.165, 1.54) is 16.7 Å². The average Bonchev–Trinajstić information content (AvgIpc) is 3.40. The van der Waals surface area contributed by atoms with Gasteiger partial charge < -0.3 is 18.9 Å². The number of benzene rings is 5. The number of imide groups is 1. The Balaban J connectivity index is 1.28. The minimum absolute atomic E-state index is 0.209. The molecule has 5 aromatic rings. The van der Waals surface area contributed by atoms with E-state index in [0.29, 0.717) is 17.7 Å². The molecular weight excluding hydrogens is 635 g/mol. The minimum Gasteiger partial charge on any atom is -0.374 e. The van der Waals surface area contributed by atoms with E-state index >= 15 is 0 Å². The third kappa shape index (κ3) is 7.69. The number of thioether (sulfide) groups is 1. The molecule has 2 aliphatic heterocycles. The van der Waals surface area contributed by atoms with Crippen molar-refractivity contribution in [3.05, 3.63) is 173 Å². The predicted molar refractivity (Wildman–Crippen MR) is 188 cm³/mol. The molecular formula is C41H37NO6S. The summed E-state index contributed by atoms with van der Waals surface area (Å²) in [5, 5.41) is 0. The zero-order valence-corrected chi connectivity index (χ0v) is 27.7. The van der Waals surface area contributed by atoms with Crippen LogP contribution in [0.15, 0.2) is 150 Å². The molecule has 7 nitrogen and oxygen atoms in total. The van der Waals surface area contributed by atoms with Crippen LogP contribution >= 0.6 is 11.8 Å². The second kappa shape index (κ2) is 15.8. The predicted octanol–water partition coefficient (Wildman–Crippen LogP) is 7.56. The maximum Gasteiger partial charge on any atom is 0.262 e. The van der Waals surface area contributed by atoms with Gasteiger partial charge in [-0.15, -0.1) is 0 Å². The third-order valence-corrected chi connectivity index (χ3v) is 9.86. The Kier molecular flexibility index (Phi) is 10.6. The number of hydrogen-bond acceptors (Lipinski definition) is 7. The van der Waals surface area contributed by atoms with Crippen molar-refractivity contribution in [1.82, 2.24) is 4.90 Å². The SMILES string of the molecule is O=C1c2ccccc2C(=O)N1[C@@H]1[C@@H](OCc2ccccc2)[C@@H](OCc2ccccc2)[C@@H](COCc2ccccc2)O[C@H]1Sc1ccccc1. The summed E-state index contributed by atoms with van der Waals surface area (Å²) >= 11 is 1.46. The monoisotopic (exact) mass is 671 g/mol. The van der Waals surface area contributed by atoms with Crippen molar-refractivity contribution < 1.29 is 28.5 Å². The summed E-state index contributed by atoms with van der Waals surface area (Å²) in [6, 6.07) is 45.7. The molecule has 0 unspecified atom stereocenters. The molecule has 5 atom stereocenters. The molecule has 5 aromatic carbocycles. The number of rotatable bonds is 13. The lowest BCUT2D eigenvalue weighted by Crippen LogP contribution is -2.65. The van der Waals surface area contributed by atoms with Gasteiger partial charge in [0.1, 0.15) is 29.8 Å². The standard InChI is InChI=1S/C41H37NO6S/c43-39-33-23-13-14-24-34(33)40(44)42(39)36-38(47-27-31-19-9-3-10-20-31)37(46-26-30-17-7-2-8-18-30)35(28-45-25-29-15-5-1-6-16-29)48-41(36)49-32-21-11-4-12-22-32/h1-24,35-38,41H,25-28H2/t35-,36-,37+,38-,41+/m1/s1. The Bertz CT molecular complexity index is 1790. The number of carbonyl (C=O) groups is 2. The van der Waals surface area contributed by atoms with Gasteiger partial charge in [-0.3, -0.25) is 14.5 Å². The Morgan fingerprint density at radius 3 is 1.53 bits per heavy atom. The van der Waals surface area contributed by atoms with Crippen LogP contribution in [0.2, 0.25) is 0 Å².